The molecule has 0 radical (unpaired) electrons. The molecule has 0 bridgehead atoms. The van der Waals surface area contributed by atoms with Crippen LogP contribution in [0.2, 0.25) is 0 Å². The summed E-state index contributed by atoms with van der Waals surface area (Å²) in [6.07, 6.45) is 8.57. The van der Waals surface area contributed by atoms with Gasteiger partial charge in [-0.25, -0.2) is 0 Å². The summed E-state index contributed by atoms with van der Waals surface area (Å²) in [5.41, 5.74) is 3.61. The van der Waals surface area contributed by atoms with Crippen molar-refractivity contribution in [3.8, 4) is 5.75 Å². The van der Waals surface area contributed by atoms with E-state index in [4.69, 9.17) is 9.57 Å². The van der Waals surface area contributed by atoms with Crippen LogP contribution in [0.1, 0.15) is 54.7 Å². The predicted octanol–water partition coefficient (Wildman–Crippen LogP) is 5.29. The van der Waals surface area contributed by atoms with E-state index in [1.54, 1.807) is 13.3 Å². The summed E-state index contributed by atoms with van der Waals surface area (Å²) >= 11 is 0. The van der Waals surface area contributed by atoms with E-state index in [0.29, 0.717) is 6.61 Å². The summed E-state index contributed by atoms with van der Waals surface area (Å²) in [7, 11) is 1.66. The van der Waals surface area contributed by atoms with Gasteiger partial charge in [-0.3, -0.25) is 0 Å². The maximum absolute atomic E-state index is 5.37. The number of oxime groups is 1. The van der Waals surface area contributed by atoms with Crippen molar-refractivity contribution in [3.63, 3.8) is 0 Å². The predicted molar refractivity (Wildman–Crippen MR) is 97.6 cm³/mol. The molecule has 1 saturated carbocycles. The van der Waals surface area contributed by atoms with Crippen molar-refractivity contribution >= 4 is 6.21 Å². The first-order valence-corrected chi connectivity index (χ1v) is 8.73. The van der Waals surface area contributed by atoms with Gasteiger partial charge >= 0.3 is 0 Å². The monoisotopic (exact) mass is 323 g/mol. The summed E-state index contributed by atoms with van der Waals surface area (Å²) in [6.45, 7) is 0.459. The number of benzene rings is 2. The van der Waals surface area contributed by atoms with Gasteiger partial charge in [-0.15, -0.1) is 0 Å². The average Bonchev–Trinajstić information content (AvgIpc) is 2.67. The van der Waals surface area contributed by atoms with Crippen molar-refractivity contribution < 1.29 is 9.57 Å². The van der Waals surface area contributed by atoms with Gasteiger partial charge in [0.1, 0.15) is 12.4 Å². The fraction of sp³-hybridized carbons (Fsp3) is 0.381. The number of ether oxygens (including phenoxy) is 1. The van der Waals surface area contributed by atoms with E-state index >= 15 is 0 Å². The van der Waals surface area contributed by atoms with Crippen LogP contribution >= 0.6 is 0 Å². The lowest BCUT2D eigenvalue weighted by Gasteiger charge is -2.21. The van der Waals surface area contributed by atoms with Crippen molar-refractivity contribution in [2.45, 2.75) is 44.6 Å². The first-order chi connectivity index (χ1) is 11.8. The maximum Gasteiger partial charge on any atom is 0.142 e. The van der Waals surface area contributed by atoms with Gasteiger partial charge in [-0.2, -0.15) is 0 Å². The zero-order valence-electron chi connectivity index (χ0n) is 14.3. The summed E-state index contributed by atoms with van der Waals surface area (Å²) in [6, 6.07) is 16.5. The van der Waals surface area contributed by atoms with Crippen molar-refractivity contribution in [3.05, 3.63) is 65.2 Å². The van der Waals surface area contributed by atoms with Gasteiger partial charge in [-0.05, 0) is 47.6 Å². The molecule has 126 valence electrons. The highest BCUT2D eigenvalue weighted by molar-refractivity contribution is 5.79. The Morgan fingerprint density at radius 3 is 2.33 bits per heavy atom. The van der Waals surface area contributed by atoms with Crippen LogP contribution in [-0.4, -0.2) is 13.3 Å². The topological polar surface area (TPSA) is 30.8 Å². The Labute approximate surface area is 144 Å². The van der Waals surface area contributed by atoms with E-state index in [9.17, 15) is 0 Å². The van der Waals surface area contributed by atoms with Gasteiger partial charge in [0, 0.05) is 0 Å². The SMILES string of the molecule is COc1ccc(CON=Cc2ccc(C3CCCCC3)cc2)cc1. The summed E-state index contributed by atoms with van der Waals surface area (Å²) in [4.78, 5) is 5.37. The van der Waals surface area contributed by atoms with Crippen molar-refractivity contribution in [2.75, 3.05) is 7.11 Å². The van der Waals surface area contributed by atoms with Crippen LogP contribution in [0.5, 0.6) is 5.75 Å². The molecular weight excluding hydrogens is 298 g/mol. The standard InChI is InChI=1S/C21H25NO2/c1-23-21-13-9-18(10-14-21)16-24-22-15-17-7-11-20(12-8-17)19-5-3-2-4-6-19/h7-15,19H,2-6,16H2,1H3. The second-order valence-electron chi connectivity index (χ2n) is 6.36. The highest BCUT2D eigenvalue weighted by Crippen LogP contribution is 2.32. The van der Waals surface area contributed by atoms with E-state index in [2.05, 4.69) is 29.4 Å². The van der Waals surface area contributed by atoms with Gasteiger partial charge in [0.15, 0.2) is 0 Å². The first-order valence-electron chi connectivity index (χ1n) is 8.73. The Kier molecular flexibility index (Phi) is 5.89. The molecule has 3 heteroatoms. The second-order valence-corrected chi connectivity index (χ2v) is 6.36. The van der Waals surface area contributed by atoms with Crippen LogP contribution in [0.15, 0.2) is 53.7 Å². The van der Waals surface area contributed by atoms with E-state index in [1.165, 1.54) is 37.7 Å². The second kappa shape index (κ2) is 8.53. The van der Waals surface area contributed by atoms with Gasteiger partial charge in [0.05, 0.1) is 13.3 Å². The van der Waals surface area contributed by atoms with E-state index < -0.39 is 0 Å². The number of methoxy groups -OCH3 is 1. The van der Waals surface area contributed by atoms with Crippen LogP contribution in [-0.2, 0) is 11.4 Å². The lowest BCUT2D eigenvalue weighted by Crippen LogP contribution is -2.04. The van der Waals surface area contributed by atoms with E-state index in [-0.39, 0.29) is 0 Å². The molecule has 0 aliphatic heterocycles. The molecule has 0 heterocycles. The molecule has 0 saturated heterocycles. The Hall–Kier alpha value is -2.29. The molecule has 2 aromatic rings. The largest absolute Gasteiger partial charge is 0.497 e. The summed E-state index contributed by atoms with van der Waals surface area (Å²) in [5, 5.41) is 4.07. The maximum atomic E-state index is 5.37. The Bertz CT molecular complexity index is 641. The minimum absolute atomic E-state index is 0.459. The minimum Gasteiger partial charge on any atom is -0.497 e. The average molecular weight is 323 g/mol. The molecule has 1 fully saturated rings. The van der Waals surface area contributed by atoms with Crippen LogP contribution in [0.3, 0.4) is 0 Å². The number of hydrogen-bond donors (Lipinski definition) is 0. The van der Waals surface area contributed by atoms with Crippen LogP contribution < -0.4 is 4.74 Å². The molecule has 0 aromatic heterocycles. The Morgan fingerprint density at radius 2 is 1.67 bits per heavy atom. The molecule has 24 heavy (non-hydrogen) atoms. The fourth-order valence-electron chi connectivity index (χ4n) is 3.22. The molecule has 1 aliphatic rings. The molecular formula is C21H25NO2. The number of rotatable bonds is 6. The molecule has 0 amide bonds. The minimum atomic E-state index is 0.459. The molecule has 0 atom stereocenters. The highest BCUT2D eigenvalue weighted by Gasteiger charge is 2.14. The molecule has 0 N–H and O–H groups in total. The molecule has 0 spiro atoms. The van der Waals surface area contributed by atoms with Crippen LogP contribution in [0.25, 0.3) is 0 Å². The normalized spacial score (nSPS) is 15.5. The van der Waals surface area contributed by atoms with E-state index in [1.807, 2.05) is 24.3 Å². The Morgan fingerprint density at radius 1 is 0.958 bits per heavy atom. The molecule has 2 aromatic carbocycles. The highest BCUT2D eigenvalue weighted by atomic mass is 16.6. The van der Waals surface area contributed by atoms with E-state index in [0.717, 1.165) is 22.8 Å². The Balaban J connectivity index is 1.48. The van der Waals surface area contributed by atoms with Crippen LogP contribution in [0, 0.1) is 0 Å². The fourth-order valence-corrected chi connectivity index (χ4v) is 3.22. The van der Waals surface area contributed by atoms with Gasteiger partial charge in [0.2, 0.25) is 0 Å². The lowest BCUT2D eigenvalue weighted by molar-refractivity contribution is 0.132. The molecule has 1 aliphatic carbocycles. The van der Waals surface area contributed by atoms with Crippen molar-refractivity contribution in [2.24, 2.45) is 5.16 Å². The lowest BCUT2D eigenvalue weighted by atomic mass is 9.84. The van der Waals surface area contributed by atoms with Gasteiger partial charge in [-0.1, -0.05) is 60.8 Å². The first kappa shape index (κ1) is 16.6. The number of nitrogens with zero attached hydrogens (tertiary/aromatic N) is 1. The third kappa shape index (κ3) is 4.60. The summed E-state index contributed by atoms with van der Waals surface area (Å²) in [5.74, 6) is 1.59. The quantitative estimate of drug-likeness (QED) is 0.534. The third-order valence-electron chi connectivity index (χ3n) is 4.68. The van der Waals surface area contributed by atoms with Gasteiger partial charge in [0.25, 0.3) is 0 Å². The van der Waals surface area contributed by atoms with Crippen molar-refractivity contribution in [1.82, 2.24) is 0 Å². The zero-order valence-corrected chi connectivity index (χ0v) is 14.3. The molecule has 3 nitrogen and oxygen atoms in total. The summed E-state index contributed by atoms with van der Waals surface area (Å²) < 4.78 is 5.14. The zero-order chi connectivity index (χ0) is 16.6. The third-order valence-corrected chi connectivity index (χ3v) is 4.68. The molecule has 0 unspecified atom stereocenters. The molecule has 3 rings (SSSR count). The van der Waals surface area contributed by atoms with Crippen molar-refractivity contribution in [1.29, 1.82) is 0 Å². The number of hydrogen-bond acceptors (Lipinski definition) is 3. The smallest absolute Gasteiger partial charge is 0.142 e. The van der Waals surface area contributed by atoms with Gasteiger partial charge < -0.3 is 9.57 Å². The van der Waals surface area contributed by atoms with Crippen LogP contribution in [0.4, 0.5) is 0 Å².